The lowest BCUT2D eigenvalue weighted by molar-refractivity contribution is -0.0732. The van der Waals surface area contributed by atoms with Crippen LogP contribution in [-0.2, 0) is 4.74 Å². The standard InChI is InChI=1S/C19H20O3/c1-14-7-5-6-10-16(14)21-18-12-11-17(22-19(18)13-20)15-8-3-2-4-9-15/h2-12,17-20H,13H2,1H3/t17-,18-,19+/m0/s1. The van der Waals surface area contributed by atoms with Gasteiger partial charge in [-0.1, -0.05) is 54.6 Å². The van der Waals surface area contributed by atoms with Crippen LogP contribution in [0.5, 0.6) is 5.75 Å². The maximum Gasteiger partial charge on any atom is 0.145 e. The zero-order chi connectivity index (χ0) is 15.4. The lowest BCUT2D eigenvalue weighted by Crippen LogP contribution is -2.39. The molecule has 1 aliphatic rings. The Morgan fingerprint density at radius 1 is 1.00 bits per heavy atom. The molecular formula is C19H20O3. The van der Waals surface area contributed by atoms with E-state index in [0.717, 1.165) is 16.9 Å². The minimum Gasteiger partial charge on any atom is -0.483 e. The monoisotopic (exact) mass is 296 g/mol. The summed E-state index contributed by atoms with van der Waals surface area (Å²) >= 11 is 0. The van der Waals surface area contributed by atoms with Gasteiger partial charge in [-0.2, -0.15) is 0 Å². The van der Waals surface area contributed by atoms with Gasteiger partial charge in [0.05, 0.1) is 6.61 Å². The number of aliphatic hydroxyl groups is 1. The second-order valence-electron chi connectivity index (χ2n) is 5.42. The Labute approximate surface area is 130 Å². The predicted molar refractivity (Wildman–Crippen MR) is 85.9 cm³/mol. The van der Waals surface area contributed by atoms with Crippen LogP contribution in [0.1, 0.15) is 17.2 Å². The van der Waals surface area contributed by atoms with Crippen molar-refractivity contribution >= 4 is 0 Å². The van der Waals surface area contributed by atoms with E-state index >= 15 is 0 Å². The van der Waals surface area contributed by atoms with E-state index in [1.54, 1.807) is 0 Å². The maximum atomic E-state index is 9.63. The molecule has 22 heavy (non-hydrogen) atoms. The molecule has 0 aromatic heterocycles. The third-order valence-electron chi connectivity index (χ3n) is 3.83. The van der Waals surface area contributed by atoms with Gasteiger partial charge in [0.1, 0.15) is 24.1 Å². The third kappa shape index (κ3) is 3.21. The van der Waals surface area contributed by atoms with Crippen LogP contribution in [0.4, 0.5) is 0 Å². The van der Waals surface area contributed by atoms with Crippen LogP contribution in [0.15, 0.2) is 66.7 Å². The SMILES string of the molecule is Cc1ccccc1O[C@H]1C=C[C@@H](c2ccccc2)O[C@@H]1CO. The van der Waals surface area contributed by atoms with Crippen LogP contribution >= 0.6 is 0 Å². The average Bonchev–Trinajstić information content (AvgIpc) is 2.58. The molecule has 114 valence electrons. The Hall–Kier alpha value is -2.10. The van der Waals surface area contributed by atoms with Crippen molar-refractivity contribution < 1.29 is 14.6 Å². The fraction of sp³-hybridized carbons (Fsp3) is 0.263. The van der Waals surface area contributed by atoms with Gasteiger partial charge in [-0.05, 0) is 30.2 Å². The predicted octanol–water partition coefficient (Wildman–Crippen LogP) is 3.43. The Bertz CT molecular complexity index is 636. The van der Waals surface area contributed by atoms with Gasteiger partial charge in [0.2, 0.25) is 0 Å². The van der Waals surface area contributed by atoms with Gasteiger partial charge in [-0.3, -0.25) is 0 Å². The zero-order valence-electron chi connectivity index (χ0n) is 12.6. The minimum atomic E-state index is -0.380. The number of ether oxygens (including phenoxy) is 2. The lowest BCUT2D eigenvalue weighted by atomic mass is 10.0. The van der Waals surface area contributed by atoms with Gasteiger partial charge in [0.25, 0.3) is 0 Å². The quantitative estimate of drug-likeness (QED) is 0.879. The summed E-state index contributed by atoms with van der Waals surface area (Å²) in [5, 5.41) is 9.63. The Morgan fingerprint density at radius 2 is 1.73 bits per heavy atom. The summed E-state index contributed by atoms with van der Waals surface area (Å²) in [4.78, 5) is 0. The Balaban J connectivity index is 1.77. The molecule has 0 aliphatic carbocycles. The van der Waals surface area contributed by atoms with Crippen molar-refractivity contribution in [3.05, 3.63) is 77.9 Å². The van der Waals surface area contributed by atoms with E-state index in [1.165, 1.54) is 0 Å². The fourth-order valence-electron chi connectivity index (χ4n) is 2.58. The van der Waals surface area contributed by atoms with Crippen molar-refractivity contribution in [1.82, 2.24) is 0 Å². The van der Waals surface area contributed by atoms with E-state index in [0.29, 0.717) is 0 Å². The summed E-state index contributed by atoms with van der Waals surface area (Å²) in [7, 11) is 0. The molecule has 3 rings (SSSR count). The largest absolute Gasteiger partial charge is 0.483 e. The highest BCUT2D eigenvalue weighted by molar-refractivity contribution is 5.33. The molecule has 0 amide bonds. The van der Waals surface area contributed by atoms with Crippen LogP contribution in [0.25, 0.3) is 0 Å². The van der Waals surface area contributed by atoms with Gasteiger partial charge in [0.15, 0.2) is 0 Å². The number of hydrogen-bond donors (Lipinski definition) is 1. The molecule has 2 aromatic rings. The summed E-state index contributed by atoms with van der Waals surface area (Å²) in [6.07, 6.45) is 3.16. The summed E-state index contributed by atoms with van der Waals surface area (Å²) in [5.74, 6) is 0.817. The van der Waals surface area contributed by atoms with E-state index in [1.807, 2.05) is 73.7 Å². The molecule has 0 fully saturated rings. The van der Waals surface area contributed by atoms with Crippen molar-refractivity contribution in [1.29, 1.82) is 0 Å². The summed E-state index contributed by atoms with van der Waals surface area (Å²) in [6, 6.07) is 17.8. The van der Waals surface area contributed by atoms with Gasteiger partial charge < -0.3 is 14.6 Å². The van der Waals surface area contributed by atoms with Crippen LogP contribution < -0.4 is 4.74 Å². The molecule has 0 saturated heterocycles. The molecule has 3 atom stereocenters. The van der Waals surface area contributed by atoms with Gasteiger partial charge in [-0.15, -0.1) is 0 Å². The van der Waals surface area contributed by atoms with Crippen LogP contribution in [0.2, 0.25) is 0 Å². The normalized spacial score (nSPS) is 24.2. The topological polar surface area (TPSA) is 38.7 Å². The number of hydrogen-bond acceptors (Lipinski definition) is 3. The highest BCUT2D eigenvalue weighted by Crippen LogP contribution is 2.29. The van der Waals surface area contributed by atoms with Crippen molar-refractivity contribution in [2.45, 2.75) is 25.2 Å². The Kier molecular flexibility index (Phi) is 4.56. The van der Waals surface area contributed by atoms with E-state index in [2.05, 4.69) is 0 Å². The van der Waals surface area contributed by atoms with E-state index in [4.69, 9.17) is 9.47 Å². The first-order valence-corrected chi connectivity index (χ1v) is 7.50. The van der Waals surface area contributed by atoms with Gasteiger partial charge in [0, 0.05) is 0 Å². The smallest absolute Gasteiger partial charge is 0.145 e. The van der Waals surface area contributed by atoms with Crippen LogP contribution in [0, 0.1) is 6.92 Å². The number of rotatable bonds is 4. The third-order valence-corrected chi connectivity index (χ3v) is 3.83. The van der Waals surface area contributed by atoms with E-state index in [9.17, 15) is 5.11 Å². The molecule has 3 heteroatoms. The summed E-state index contributed by atoms with van der Waals surface area (Å²) in [6.45, 7) is 1.92. The molecule has 3 nitrogen and oxygen atoms in total. The second-order valence-corrected chi connectivity index (χ2v) is 5.42. The first-order valence-electron chi connectivity index (χ1n) is 7.50. The molecule has 0 unspecified atom stereocenters. The second kappa shape index (κ2) is 6.77. The van der Waals surface area contributed by atoms with Crippen molar-refractivity contribution in [2.24, 2.45) is 0 Å². The molecule has 2 aromatic carbocycles. The van der Waals surface area contributed by atoms with Gasteiger partial charge >= 0.3 is 0 Å². The van der Waals surface area contributed by atoms with E-state index in [-0.39, 0.29) is 24.9 Å². The molecule has 0 radical (unpaired) electrons. The highest BCUT2D eigenvalue weighted by Gasteiger charge is 2.29. The summed E-state index contributed by atoms with van der Waals surface area (Å²) in [5.41, 5.74) is 2.14. The zero-order valence-corrected chi connectivity index (χ0v) is 12.6. The molecule has 0 bridgehead atoms. The molecular weight excluding hydrogens is 276 g/mol. The Morgan fingerprint density at radius 3 is 2.45 bits per heavy atom. The van der Waals surface area contributed by atoms with Crippen LogP contribution in [0.3, 0.4) is 0 Å². The summed E-state index contributed by atoms with van der Waals surface area (Å²) < 4.78 is 12.0. The van der Waals surface area contributed by atoms with Crippen molar-refractivity contribution in [3.8, 4) is 5.75 Å². The molecule has 1 heterocycles. The first kappa shape index (κ1) is 14.8. The van der Waals surface area contributed by atoms with Gasteiger partial charge in [-0.25, -0.2) is 0 Å². The number of benzene rings is 2. The molecule has 1 N–H and O–H groups in total. The first-order chi connectivity index (χ1) is 10.8. The molecule has 1 aliphatic heterocycles. The van der Waals surface area contributed by atoms with E-state index < -0.39 is 0 Å². The molecule has 0 spiro atoms. The van der Waals surface area contributed by atoms with Crippen molar-refractivity contribution in [3.63, 3.8) is 0 Å². The number of aliphatic hydroxyl groups excluding tert-OH is 1. The lowest BCUT2D eigenvalue weighted by Gasteiger charge is -2.32. The minimum absolute atomic E-state index is 0.0791. The number of aryl methyl sites for hydroxylation is 1. The van der Waals surface area contributed by atoms with Crippen LogP contribution in [-0.4, -0.2) is 23.9 Å². The maximum absolute atomic E-state index is 9.63. The average molecular weight is 296 g/mol. The fourth-order valence-corrected chi connectivity index (χ4v) is 2.58. The number of para-hydroxylation sites is 1. The molecule has 0 saturated carbocycles. The van der Waals surface area contributed by atoms with Crippen molar-refractivity contribution in [2.75, 3.05) is 6.61 Å². The highest BCUT2D eigenvalue weighted by atomic mass is 16.6.